The van der Waals surface area contributed by atoms with E-state index in [1.807, 2.05) is 62.4 Å². The number of hydrogen-bond acceptors (Lipinski definition) is 5. The minimum absolute atomic E-state index is 0.0509. The van der Waals surface area contributed by atoms with Gasteiger partial charge in [0.05, 0.1) is 24.8 Å². The summed E-state index contributed by atoms with van der Waals surface area (Å²) < 4.78 is 11.7. The number of amidine groups is 1. The zero-order valence-corrected chi connectivity index (χ0v) is 23.9. The van der Waals surface area contributed by atoms with Crippen LogP contribution in [-0.2, 0) is 4.79 Å². The Kier molecular flexibility index (Phi) is 8.19. The molecule has 2 atom stereocenters. The Balaban J connectivity index is 1.72. The molecule has 2 aliphatic heterocycles. The lowest BCUT2D eigenvalue weighted by Gasteiger charge is -2.36. The summed E-state index contributed by atoms with van der Waals surface area (Å²) in [6, 6.07) is 18.8. The number of amides is 3. The van der Waals surface area contributed by atoms with E-state index in [-0.39, 0.29) is 24.6 Å². The predicted molar refractivity (Wildman–Crippen MR) is 155 cm³/mol. The van der Waals surface area contributed by atoms with Gasteiger partial charge in [0.25, 0.3) is 0 Å². The highest BCUT2D eigenvalue weighted by Crippen LogP contribution is 2.47. The standard InChI is InChI=1S/C30H30Cl2N4O4/c1-18(2)40-25-16-21(39-3)12-13-23(25)29-34-27(22-6-4-5-7-24(22)32)28(19-8-10-20(31)11-9-19)36(29)30(38)35-15-14-33-26(37)17-35/h4-13,16,18,27-28H,14-15,17H2,1-3H3,(H,33,37)/t27-,28+/m0/s1. The molecule has 0 spiro atoms. The van der Waals surface area contributed by atoms with E-state index in [9.17, 15) is 9.59 Å². The van der Waals surface area contributed by atoms with Gasteiger partial charge in [-0.2, -0.15) is 0 Å². The van der Waals surface area contributed by atoms with E-state index < -0.39 is 12.1 Å². The van der Waals surface area contributed by atoms with Gasteiger partial charge in [0.2, 0.25) is 5.91 Å². The van der Waals surface area contributed by atoms with Crippen molar-refractivity contribution >= 4 is 41.0 Å². The molecule has 1 fully saturated rings. The van der Waals surface area contributed by atoms with Gasteiger partial charge in [-0.25, -0.2) is 4.79 Å². The molecule has 208 valence electrons. The van der Waals surface area contributed by atoms with Crippen molar-refractivity contribution in [3.63, 3.8) is 0 Å². The van der Waals surface area contributed by atoms with Crippen LogP contribution in [0.25, 0.3) is 0 Å². The topological polar surface area (TPSA) is 83.5 Å². The van der Waals surface area contributed by atoms with Gasteiger partial charge in [-0.3, -0.25) is 14.7 Å². The number of nitrogens with zero attached hydrogens (tertiary/aromatic N) is 3. The Morgan fingerprint density at radius 3 is 2.50 bits per heavy atom. The SMILES string of the molecule is COc1ccc(C2=N[C@@H](c3ccccc3Cl)[C@@H](c3ccc(Cl)cc3)N2C(=O)N2CCNC(=O)C2)c(OC(C)C)c1. The highest BCUT2D eigenvalue weighted by Gasteiger charge is 2.45. The average molecular weight is 582 g/mol. The van der Waals surface area contributed by atoms with Crippen molar-refractivity contribution in [3.05, 3.63) is 93.5 Å². The number of rotatable bonds is 6. The van der Waals surface area contributed by atoms with Gasteiger partial charge in [0.15, 0.2) is 0 Å². The monoisotopic (exact) mass is 580 g/mol. The van der Waals surface area contributed by atoms with Crippen molar-refractivity contribution in [3.8, 4) is 11.5 Å². The quantitative estimate of drug-likeness (QED) is 0.394. The molecule has 2 heterocycles. The molecular formula is C30H30Cl2N4O4. The maximum Gasteiger partial charge on any atom is 0.326 e. The molecule has 0 radical (unpaired) electrons. The van der Waals surface area contributed by atoms with Crippen LogP contribution in [0.5, 0.6) is 11.5 Å². The van der Waals surface area contributed by atoms with E-state index in [1.54, 1.807) is 35.1 Å². The van der Waals surface area contributed by atoms with Gasteiger partial charge >= 0.3 is 6.03 Å². The number of halogens is 2. The first kappa shape index (κ1) is 27.8. The molecule has 0 saturated carbocycles. The highest BCUT2D eigenvalue weighted by molar-refractivity contribution is 6.31. The second kappa shape index (κ2) is 11.8. The molecular weight excluding hydrogens is 551 g/mol. The second-order valence-electron chi connectivity index (χ2n) is 9.87. The molecule has 40 heavy (non-hydrogen) atoms. The summed E-state index contributed by atoms with van der Waals surface area (Å²) >= 11 is 13.0. The summed E-state index contributed by atoms with van der Waals surface area (Å²) in [7, 11) is 1.59. The van der Waals surface area contributed by atoms with E-state index in [0.717, 1.165) is 11.1 Å². The van der Waals surface area contributed by atoms with Gasteiger partial charge in [-0.15, -0.1) is 0 Å². The zero-order valence-electron chi connectivity index (χ0n) is 22.4. The second-order valence-corrected chi connectivity index (χ2v) is 10.7. The number of benzene rings is 3. The third-order valence-corrected chi connectivity index (χ3v) is 7.41. The Labute approximate surface area is 243 Å². The van der Waals surface area contributed by atoms with Crippen LogP contribution in [0.3, 0.4) is 0 Å². The maximum atomic E-state index is 14.4. The number of piperazine rings is 1. The van der Waals surface area contributed by atoms with Crippen LogP contribution in [0, 0.1) is 0 Å². The van der Waals surface area contributed by atoms with E-state index in [0.29, 0.717) is 46.0 Å². The Bertz CT molecular complexity index is 1440. The number of nitrogens with one attached hydrogen (secondary N) is 1. The summed E-state index contributed by atoms with van der Waals surface area (Å²) in [6.07, 6.45) is -0.144. The molecule has 5 rings (SSSR count). The lowest BCUT2D eigenvalue weighted by Crippen LogP contribution is -2.55. The van der Waals surface area contributed by atoms with Crippen LogP contribution in [0.15, 0.2) is 71.7 Å². The lowest BCUT2D eigenvalue weighted by atomic mass is 9.93. The van der Waals surface area contributed by atoms with Crippen molar-refractivity contribution in [2.24, 2.45) is 4.99 Å². The molecule has 3 amide bonds. The molecule has 0 aliphatic carbocycles. The number of urea groups is 1. The molecule has 0 bridgehead atoms. The molecule has 1 N–H and O–H groups in total. The normalized spacial score (nSPS) is 18.9. The number of aliphatic imine (C=N–C) groups is 1. The van der Waals surface area contributed by atoms with Gasteiger partial charge in [-0.1, -0.05) is 53.5 Å². The van der Waals surface area contributed by atoms with E-state index >= 15 is 0 Å². The summed E-state index contributed by atoms with van der Waals surface area (Å²) in [5, 5.41) is 3.90. The first-order valence-corrected chi connectivity index (χ1v) is 13.8. The van der Waals surface area contributed by atoms with Crippen LogP contribution in [0.2, 0.25) is 10.0 Å². The lowest BCUT2D eigenvalue weighted by molar-refractivity contribution is -0.123. The molecule has 2 aliphatic rings. The van der Waals surface area contributed by atoms with E-state index in [2.05, 4.69) is 5.32 Å². The molecule has 3 aromatic carbocycles. The van der Waals surface area contributed by atoms with Crippen LogP contribution < -0.4 is 14.8 Å². The number of carbonyl (C=O) groups excluding carboxylic acids is 2. The first-order chi connectivity index (χ1) is 19.3. The minimum atomic E-state index is -0.571. The van der Waals surface area contributed by atoms with Crippen molar-refractivity contribution in [1.82, 2.24) is 15.1 Å². The molecule has 0 unspecified atom stereocenters. The smallest absolute Gasteiger partial charge is 0.326 e. The third kappa shape index (κ3) is 5.60. The molecule has 8 nitrogen and oxygen atoms in total. The van der Waals surface area contributed by atoms with E-state index in [4.69, 9.17) is 37.7 Å². The van der Waals surface area contributed by atoms with Crippen molar-refractivity contribution in [1.29, 1.82) is 0 Å². The number of methoxy groups -OCH3 is 1. The zero-order chi connectivity index (χ0) is 28.4. The molecule has 0 aromatic heterocycles. The summed E-state index contributed by atoms with van der Waals surface area (Å²) in [4.78, 5) is 35.0. The van der Waals surface area contributed by atoms with Crippen LogP contribution in [0.4, 0.5) is 4.79 Å². The summed E-state index contributed by atoms with van der Waals surface area (Å²) in [6.45, 7) is 4.55. The van der Waals surface area contributed by atoms with Crippen molar-refractivity contribution in [2.45, 2.75) is 32.0 Å². The molecule has 1 saturated heterocycles. The fourth-order valence-electron chi connectivity index (χ4n) is 5.01. The van der Waals surface area contributed by atoms with E-state index in [1.165, 1.54) is 0 Å². The Morgan fingerprint density at radius 2 is 1.82 bits per heavy atom. The summed E-state index contributed by atoms with van der Waals surface area (Å²) in [5.41, 5.74) is 2.22. The third-order valence-electron chi connectivity index (χ3n) is 6.81. The number of ether oxygens (including phenoxy) is 2. The predicted octanol–water partition coefficient (Wildman–Crippen LogP) is 5.89. The molecule has 10 heteroatoms. The van der Waals surface area contributed by atoms with Crippen LogP contribution in [-0.4, -0.2) is 60.4 Å². The van der Waals surface area contributed by atoms with Gasteiger partial charge in [0.1, 0.15) is 29.9 Å². The largest absolute Gasteiger partial charge is 0.497 e. The number of hydrogen-bond donors (Lipinski definition) is 1. The molecule has 3 aromatic rings. The number of carbonyl (C=O) groups is 2. The Hall–Kier alpha value is -3.75. The van der Waals surface area contributed by atoms with Crippen molar-refractivity contribution < 1.29 is 19.1 Å². The summed E-state index contributed by atoms with van der Waals surface area (Å²) in [5.74, 6) is 1.34. The maximum absolute atomic E-state index is 14.4. The Morgan fingerprint density at radius 1 is 1.07 bits per heavy atom. The van der Waals surface area contributed by atoms with Crippen LogP contribution in [0.1, 0.15) is 42.6 Å². The average Bonchev–Trinajstić information content (AvgIpc) is 3.33. The van der Waals surface area contributed by atoms with Crippen LogP contribution >= 0.6 is 23.2 Å². The fourth-order valence-corrected chi connectivity index (χ4v) is 5.39. The van der Waals surface area contributed by atoms with Crippen molar-refractivity contribution in [2.75, 3.05) is 26.7 Å². The van der Waals surface area contributed by atoms with Gasteiger partial charge in [0, 0.05) is 29.2 Å². The minimum Gasteiger partial charge on any atom is -0.497 e. The van der Waals surface area contributed by atoms with Gasteiger partial charge < -0.3 is 19.7 Å². The highest BCUT2D eigenvalue weighted by atomic mass is 35.5. The first-order valence-electron chi connectivity index (χ1n) is 13.0. The fraction of sp³-hybridized carbons (Fsp3) is 0.300. The van der Waals surface area contributed by atoms with Gasteiger partial charge in [-0.05, 0) is 55.3 Å².